The van der Waals surface area contributed by atoms with E-state index in [1.54, 1.807) is 0 Å². The van der Waals surface area contributed by atoms with Crippen molar-refractivity contribution in [1.82, 2.24) is 15.1 Å². The molecule has 21 heavy (non-hydrogen) atoms. The van der Waals surface area contributed by atoms with Gasteiger partial charge in [-0.3, -0.25) is 4.79 Å². The Morgan fingerprint density at radius 1 is 1.14 bits per heavy atom. The fourth-order valence-electron chi connectivity index (χ4n) is 2.44. The zero-order valence-electron chi connectivity index (χ0n) is 13.5. The predicted octanol–water partition coefficient (Wildman–Crippen LogP) is 1.61. The monoisotopic (exact) mass is 299 g/mol. The number of urea groups is 1. The molecule has 1 heterocycles. The molecule has 0 saturated carbocycles. The SMILES string of the molecule is CN1CCCN(C(=O)NCCC(C)(C)CCC(=O)O)CC1. The van der Waals surface area contributed by atoms with Crippen molar-refractivity contribution in [1.29, 1.82) is 0 Å². The van der Waals surface area contributed by atoms with Gasteiger partial charge in [0.05, 0.1) is 0 Å². The van der Waals surface area contributed by atoms with Crippen LogP contribution in [-0.2, 0) is 4.79 Å². The second-order valence-electron chi connectivity index (χ2n) is 6.68. The lowest BCUT2D eigenvalue weighted by atomic mass is 9.84. The van der Waals surface area contributed by atoms with Gasteiger partial charge in [0, 0.05) is 32.6 Å². The van der Waals surface area contributed by atoms with Gasteiger partial charge in [-0.15, -0.1) is 0 Å². The standard InChI is InChI=1S/C15H29N3O3/c1-15(2,6-5-13(19)20)7-8-16-14(21)18-10-4-9-17(3)11-12-18/h4-12H2,1-3H3,(H,16,21)(H,19,20). The molecule has 0 radical (unpaired) electrons. The summed E-state index contributed by atoms with van der Waals surface area (Å²) in [5.41, 5.74) is -0.0648. The van der Waals surface area contributed by atoms with E-state index in [0.717, 1.165) is 39.0 Å². The lowest BCUT2D eigenvalue weighted by Crippen LogP contribution is -2.42. The molecular weight excluding hydrogens is 270 g/mol. The second-order valence-corrected chi connectivity index (χ2v) is 6.68. The highest BCUT2D eigenvalue weighted by Gasteiger charge is 2.21. The smallest absolute Gasteiger partial charge is 0.317 e. The molecular formula is C15H29N3O3. The van der Waals surface area contributed by atoms with Crippen LogP contribution in [0, 0.1) is 5.41 Å². The maximum absolute atomic E-state index is 12.1. The molecule has 6 heteroatoms. The van der Waals surface area contributed by atoms with Gasteiger partial charge in [0.15, 0.2) is 0 Å². The minimum absolute atomic E-state index is 0.000616. The second kappa shape index (κ2) is 8.22. The maximum atomic E-state index is 12.1. The van der Waals surface area contributed by atoms with Gasteiger partial charge in [-0.25, -0.2) is 4.79 Å². The quantitative estimate of drug-likeness (QED) is 0.781. The molecule has 0 aromatic carbocycles. The summed E-state index contributed by atoms with van der Waals surface area (Å²) in [7, 11) is 2.08. The Bertz CT molecular complexity index is 358. The summed E-state index contributed by atoms with van der Waals surface area (Å²) in [6.07, 6.45) is 2.61. The number of hydrogen-bond donors (Lipinski definition) is 2. The number of carboxylic acid groups (broad SMARTS) is 1. The molecule has 2 N–H and O–H groups in total. The molecule has 1 saturated heterocycles. The van der Waals surface area contributed by atoms with E-state index in [9.17, 15) is 9.59 Å². The third-order valence-electron chi connectivity index (χ3n) is 4.10. The van der Waals surface area contributed by atoms with Crippen molar-refractivity contribution in [3.8, 4) is 0 Å². The lowest BCUT2D eigenvalue weighted by molar-refractivity contribution is -0.137. The molecule has 0 unspecified atom stereocenters. The summed E-state index contributed by atoms with van der Waals surface area (Å²) in [4.78, 5) is 26.8. The third kappa shape index (κ3) is 7.32. The fraction of sp³-hybridized carbons (Fsp3) is 0.867. The first-order chi connectivity index (χ1) is 9.80. The fourth-order valence-corrected chi connectivity index (χ4v) is 2.44. The Hall–Kier alpha value is -1.30. The van der Waals surface area contributed by atoms with E-state index in [2.05, 4.69) is 17.3 Å². The van der Waals surface area contributed by atoms with Crippen LogP contribution < -0.4 is 5.32 Å². The number of amides is 2. The highest BCUT2D eigenvalue weighted by atomic mass is 16.4. The topological polar surface area (TPSA) is 72.9 Å². The minimum atomic E-state index is -0.763. The largest absolute Gasteiger partial charge is 0.481 e. The number of likely N-dealkylation sites (N-methyl/N-ethyl adjacent to an activating group) is 1. The zero-order valence-corrected chi connectivity index (χ0v) is 13.5. The van der Waals surface area contributed by atoms with Crippen molar-refractivity contribution in [3.05, 3.63) is 0 Å². The molecule has 0 aliphatic carbocycles. The first-order valence-electron chi connectivity index (χ1n) is 7.73. The average molecular weight is 299 g/mol. The van der Waals surface area contributed by atoms with Crippen molar-refractivity contribution in [2.24, 2.45) is 5.41 Å². The zero-order chi connectivity index (χ0) is 15.9. The van der Waals surface area contributed by atoms with Crippen LogP contribution in [0.25, 0.3) is 0 Å². The maximum Gasteiger partial charge on any atom is 0.317 e. The number of carbonyl (C=O) groups is 2. The number of aliphatic carboxylic acids is 1. The van der Waals surface area contributed by atoms with Crippen LogP contribution in [0.3, 0.4) is 0 Å². The van der Waals surface area contributed by atoms with E-state index < -0.39 is 5.97 Å². The van der Waals surface area contributed by atoms with Crippen molar-refractivity contribution in [2.75, 3.05) is 39.8 Å². The molecule has 1 rings (SSSR count). The van der Waals surface area contributed by atoms with Crippen LogP contribution in [-0.4, -0.2) is 66.7 Å². The predicted molar refractivity (Wildman–Crippen MR) is 82.4 cm³/mol. The van der Waals surface area contributed by atoms with Crippen LogP contribution in [0.2, 0.25) is 0 Å². The molecule has 0 aromatic heterocycles. The summed E-state index contributed by atoms with van der Waals surface area (Å²) in [6.45, 7) is 8.20. The molecule has 1 fully saturated rings. The molecule has 0 spiro atoms. The van der Waals surface area contributed by atoms with Gasteiger partial charge < -0.3 is 20.2 Å². The number of nitrogens with zero attached hydrogens (tertiary/aromatic N) is 2. The van der Waals surface area contributed by atoms with Crippen LogP contribution in [0.1, 0.15) is 39.5 Å². The summed E-state index contributed by atoms with van der Waals surface area (Å²) in [5, 5.41) is 11.7. The Morgan fingerprint density at radius 3 is 2.52 bits per heavy atom. The first kappa shape index (κ1) is 17.8. The number of carbonyl (C=O) groups excluding carboxylic acids is 1. The number of carboxylic acids is 1. The highest BCUT2D eigenvalue weighted by molar-refractivity contribution is 5.74. The Balaban J connectivity index is 2.27. The number of rotatable bonds is 6. The summed E-state index contributed by atoms with van der Waals surface area (Å²) >= 11 is 0. The summed E-state index contributed by atoms with van der Waals surface area (Å²) in [5.74, 6) is -0.763. The number of hydrogen-bond acceptors (Lipinski definition) is 3. The lowest BCUT2D eigenvalue weighted by Gasteiger charge is -2.25. The summed E-state index contributed by atoms with van der Waals surface area (Å²) in [6, 6.07) is -0.000616. The molecule has 1 aliphatic rings. The molecule has 122 valence electrons. The van der Waals surface area contributed by atoms with Gasteiger partial charge in [0.2, 0.25) is 0 Å². The third-order valence-corrected chi connectivity index (χ3v) is 4.10. The van der Waals surface area contributed by atoms with Crippen molar-refractivity contribution < 1.29 is 14.7 Å². The minimum Gasteiger partial charge on any atom is -0.481 e. The van der Waals surface area contributed by atoms with Crippen LogP contribution in [0.15, 0.2) is 0 Å². The molecule has 0 bridgehead atoms. The number of nitrogens with one attached hydrogen (secondary N) is 1. The van der Waals surface area contributed by atoms with Gasteiger partial charge >= 0.3 is 12.0 Å². The molecule has 2 amide bonds. The van der Waals surface area contributed by atoms with Crippen LogP contribution in [0.4, 0.5) is 4.79 Å². The van der Waals surface area contributed by atoms with E-state index >= 15 is 0 Å². The van der Waals surface area contributed by atoms with E-state index in [0.29, 0.717) is 13.0 Å². The molecule has 0 aromatic rings. The van der Waals surface area contributed by atoms with Gasteiger partial charge in [0.1, 0.15) is 0 Å². The molecule has 1 aliphatic heterocycles. The highest BCUT2D eigenvalue weighted by Crippen LogP contribution is 2.26. The Kier molecular flexibility index (Phi) is 6.95. The van der Waals surface area contributed by atoms with Crippen molar-refractivity contribution in [3.63, 3.8) is 0 Å². The average Bonchev–Trinajstić information content (AvgIpc) is 2.61. The van der Waals surface area contributed by atoms with Crippen LogP contribution >= 0.6 is 0 Å². The summed E-state index contributed by atoms with van der Waals surface area (Å²) < 4.78 is 0. The van der Waals surface area contributed by atoms with E-state index in [-0.39, 0.29) is 17.9 Å². The Morgan fingerprint density at radius 2 is 1.86 bits per heavy atom. The molecule has 6 nitrogen and oxygen atoms in total. The van der Waals surface area contributed by atoms with E-state index in [1.165, 1.54) is 0 Å². The Labute approximate surface area is 127 Å². The van der Waals surface area contributed by atoms with Gasteiger partial charge in [0.25, 0.3) is 0 Å². The van der Waals surface area contributed by atoms with E-state index in [1.807, 2.05) is 18.7 Å². The molecule has 0 atom stereocenters. The van der Waals surface area contributed by atoms with Crippen molar-refractivity contribution >= 4 is 12.0 Å². The van der Waals surface area contributed by atoms with E-state index in [4.69, 9.17) is 5.11 Å². The van der Waals surface area contributed by atoms with Gasteiger partial charge in [-0.1, -0.05) is 13.8 Å². The van der Waals surface area contributed by atoms with Gasteiger partial charge in [-0.05, 0) is 38.3 Å². The van der Waals surface area contributed by atoms with Gasteiger partial charge in [-0.2, -0.15) is 0 Å². The van der Waals surface area contributed by atoms with Crippen LogP contribution in [0.5, 0.6) is 0 Å². The normalized spacial score (nSPS) is 17.4. The van der Waals surface area contributed by atoms with Crippen molar-refractivity contribution in [2.45, 2.75) is 39.5 Å². The first-order valence-corrected chi connectivity index (χ1v) is 7.73.